The first-order valence-corrected chi connectivity index (χ1v) is 6.19. The predicted octanol–water partition coefficient (Wildman–Crippen LogP) is 2.03. The van der Waals surface area contributed by atoms with E-state index in [0.29, 0.717) is 6.04 Å². The van der Waals surface area contributed by atoms with E-state index in [4.69, 9.17) is 0 Å². The summed E-state index contributed by atoms with van der Waals surface area (Å²) in [4.78, 5) is 6.54. The van der Waals surface area contributed by atoms with E-state index in [9.17, 15) is 0 Å². The highest BCUT2D eigenvalue weighted by molar-refractivity contribution is 9.10. The number of aromatic nitrogens is 1. The van der Waals surface area contributed by atoms with Crippen LogP contribution in [0.5, 0.6) is 0 Å². The summed E-state index contributed by atoms with van der Waals surface area (Å²) in [5.74, 6) is 0. The van der Waals surface area contributed by atoms with E-state index in [1.807, 2.05) is 12.4 Å². The molecule has 1 atom stereocenters. The van der Waals surface area contributed by atoms with Crippen LogP contribution >= 0.6 is 15.9 Å². The summed E-state index contributed by atoms with van der Waals surface area (Å²) in [6.45, 7) is 5.45. The monoisotopic (exact) mass is 269 g/mol. The third kappa shape index (κ3) is 2.32. The fraction of sp³-hybridized carbons (Fsp3) is 0.545. The molecule has 0 spiro atoms. The Hall–Kier alpha value is -0.610. The lowest BCUT2D eigenvalue weighted by Gasteiger charge is -2.30. The minimum atomic E-state index is 0.619. The van der Waals surface area contributed by atoms with Crippen molar-refractivity contribution in [3.63, 3.8) is 0 Å². The highest BCUT2D eigenvalue weighted by Gasteiger charge is 2.22. The number of halogens is 1. The van der Waals surface area contributed by atoms with Gasteiger partial charge in [-0.05, 0) is 41.9 Å². The van der Waals surface area contributed by atoms with Gasteiger partial charge in [-0.3, -0.25) is 4.98 Å². The average Bonchev–Trinajstić information content (AvgIpc) is 2.75. The number of hydrogen-bond donors (Lipinski definition) is 1. The van der Waals surface area contributed by atoms with E-state index in [0.717, 1.165) is 24.1 Å². The molecule has 1 aromatic rings. The first-order valence-electron chi connectivity index (χ1n) is 5.39. The van der Waals surface area contributed by atoms with Crippen molar-refractivity contribution in [3.8, 4) is 0 Å². The maximum absolute atomic E-state index is 4.10. The normalized spacial score (nSPS) is 20.5. The third-order valence-corrected chi connectivity index (χ3v) is 3.49. The molecule has 82 valence electrons. The smallest absolute Gasteiger partial charge is 0.0592 e. The van der Waals surface area contributed by atoms with Crippen LogP contribution < -0.4 is 10.2 Å². The predicted molar refractivity (Wildman–Crippen MR) is 66.2 cm³/mol. The molecular formula is C11H16BrN3. The molecule has 0 saturated carbocycles. The molecule has 0 amide bonds. The zero-order valence-corrected chi connectivity index (χ0v) is 10.5. The van der Waals surface area contributed by atoms with E-state index in [-0.39, 0.29) is 0 Å². The maximum Gasteiger partial charge on any atom is 0.0592 e. The Bertz CT molecular complexity index is 323. The minimum absolute atomic E-state index is 0.619. The Morgan fingerprint density at radius 3 is 3.13 bits per heavy atom. The molecule has 3 nitrogen and oxygen atoms in total. The average molecular weight is 270 g/mol. The van der Waals surface area contributed by atoms with Crippen molar-refractivity contribution in [2.75, 3.05) is 24.5 Å². The van der Waals surface area contributed by atoms with Gasteiger partial charge in [0, 0.05) is 31.5 Å². The number of rotatable bonds is 3. The van der Waals surface area contributed by atoms with Crippen LogP contribution in [-0.4, -0.2) is 30.7 Å². The molecule has 0 radical (unpaired) electrons. The fourth-order valence-corrected chi connectivity index (χ4v) is 2.61. The van der Waals surface area contributed by atoms with Gasteiger partial charge < -0.3 is 10.2 Å². The summed E-state index contributed by atoms with van der Waals surface area (Å²) < 4.78 is 1.08. The lowest BCUT2D eigenvalue weighted by atomic mass is 10.2. The van der Waals surface area contributed by atoms with Crippen molar-refractivity contribution in [2.45, 2.75) is 19.4 Å². The number of hydrogen-bond acceptors (Lipinski definition) is 3. The first-order chi connectivity index (χ1) is 7.33. The number of likely N-dealkylation sites (N-methyl/N-ethyl adjacent to an activating group) is 1. The Balaban J connectivity index is 2.22. The maximum atomic E-state index is 4.10. The van der Waals surface area contributed by atoms with Crippen molar-refractivity contribution in [3.05, 3.63) is 22.9 Å². The second-order valence-electron chi connectivity index (χ2n) is 3.76. The second-order valence-corrected chi connectivity index (χ2v) is 4.61. The standard InChI is InChI=1S/C11H16BrN3/c1-2-15(9-3-5-13-7-9)11-4-6-14-8-10(11)12/h4,6,8-9,13H,2-3,5,7H2,1H3. The third-order valence-electron chi connectivity index (χ3n) is 2.88. The zero-order valence-electron chi connectivity index (χ0n) is 8.91. The molecule has 1 N–H and O–H groups in total. The van der Waals surface area contributed by atoms with E-state index >= 15 is 0 Å². The van der Waals surface area contributed by atoms with E-state index in [1.54, 1.807) is 0 Å². The van der Waals surface area contributed by atoms with Crippen molar-refractivity contribution < 1.29 is 0 Å². The van der Waals surface area contributed by atoms with Gasteiger partial charge in [0.2, 0.25) is 0 Å². The van der Waals surface area contributed by atoms with Gasteiger partial charge in [0.15, 0.2) is 0 Å². The summed E-state index contributed by atoms with van der Waals surface area (Å²) in [6.07, 6.45) is 4.94. The molecule has 2 rings (SSSR count). The lowest BCUT2D eigenvalue weighted by Crippen LogP contribution is -2.36. The second kappa shape index (κ2) is 4.94. The van der Waals surface area contributed by atoms with Gasteiger partial charge in [-0.1, -0.05) is 0 Å². The highest BCUT2D eigenvalue weighted by Crippen LogP contribution is 2.27. The van der Waals surface area contributed by atoms with Gasteiger partial charge in [-0.25, -0.2) is 0 Å². The van der Waals surface area contributed by atoms with Crippen molar-refractivity contribution in [1.82, 2.24) is 10.3 Å². The molecule has 0 aliphatic carbocycles. The van der Waals surface area contributed by atoms with Crippen molar-refractivity contribution >= 4 is 21.6 Å². The molecule has 0 aromatic carbocycles. The molecule has 1 aliphatic rings. The number of nitrogens with one attached hydrogen (secondary N) is 1. The first kappa shape index (κ1) is 10.9. The van der Waals surface area contributed by atoms with Gasteiger partial charge in [0.05, 0.1) is 10.2 Å². The summed E-state index contributed by atoms with van der Waals surface area (Å²) in [5.41, 5.74) is 1.25. The summed E-state index contributed by atoms with van der Waals surface area (Å²) in [7, 11) is 0. The lowest BCUT2D eigenvalue weighted by molar-refractivity contribution is 0.646. The van der Waals surface area contributed by atoms with Crippen LogP contribution in [0.2, 0.25) is 0 Å². The number of anilines is 1. The molecule has 0 bridgehead atoms. The topological polar surface area (TPSA) is 28.2 Å². The molecule has 2 heterocycles. The van der Waals surface area contributed by atoms with Crippen molar-refractivity contribution in [2.24, 2.45) is 0 Å². The Labute approximate surface area is 99.0 Å². The van der Waals surface area contributed by atoms with Crippen LogP contribution in [0.1, 0.15) is 13.3 Å². The van der Waals surface area contributed by atoms with Gasteiger partial charge >= 0.3 is 0 Å². The minimum Gasteiger partial charge on any atom is -0.366 e. The van der Waals surface area contributed by atoms with Crippen LogP contribution in [-0.2, 0) is 0 Å². The van der Waals surface area contributed by atoms with Crippen LogP contribution in [0.4, 0.5) is 5.69 Å². The Morgan fingerprint density at radius 2 is 2.53 bits per heavy atom. The molecular weight excluding hydrogens is 254 g/mol. The Kier molecular flexibility index (Phi) is 3.59. The molecule has 1 fully saturated rings. The van der Waals surface area contributed by atoms with Gasteiger partial charge in [0.1, 0.15) is 0 Å². The largest absolute Gasteiger partial charge is 0.366 e. The highest BCUT2D eigenvalue weighted by atomic mass is 79.9. The van der Waals surface area contributed by atoms with Crippen LogP contribution in [0.25, 0.3) is 0 Å². The van der Waals surface area contributed by atoms with Gasteiger partial charge in [-0.2, -0.15) is 0 Å². The van der Waals surface area contributed by atoms with E-state index in [1.165, 1.54) is 12.1 Å². The van der Waals surface area contributed by atoms with Gasteiger partial charge in [-0.15, -0.1) is 0 Å². The van der Waals surface area contributed by atoms with E-state index < -0.39 is 0 Å². The molecule has 1 aromatic heterocycles. The quantitative estimate of drug-likeness (QED) is 0.911. The zero-order chi connectivity index (χ0) is 10.7. The van der Waals surface area contributed by atoms with Crippen LogP contribution in [0.3, 0.4) is 0 Å². The SMILES string of the molecule is CCN(c1ccncc1Br)C1CCNC1. The number of nitrogens with zero attached hydrogens (tertiary/aromatic N) is 2. The molecule has 1 unspecified atom stereocenters. The van der Waals surface area contributed by atoms with Crippen LogP contribution in [0.15, 0.2) is 22.9 Å². The fourth-order valence-electron chi connectivity index (χ4n) is 2.13. The van der Waals surface area contributed by atoms with Crippen molar-refractivity contribution in [1.29, 1.82) is 0 Å². The van der Waals surface area contributed by atoms with Crippen LogP contribution in [0, 0.1) is 0 Å². The number of pyridine rings is 1. The summed E-state index contributed by atoms with van der Waals surface area (Å²) >= 11 is 3.56. The molecule has 15 heavy (non-hydrogen) atoms. The van der Waals surface area contributed by atoms with Gasteiger partial charge in [0.25, 0.3) is 0 Å². The molecule has 1 aliphatic heterocycles. The Morgan fingerprint density at radius 1 is 1.67 bits per heavy atom. The van der Waals surface area contributed by atoms with E-state index in [2.05, 4.69) is 44.1 Å². The molecule has 4 heteroatoms. The summed E-state index contributed by atoms with van der Waals surface area (Å²) in [6, 6.07) is 2.69. The summed E-state index contributed by atoms with van der Waals surface area (Å²) in [5, 5.41) is 3.40. The molecule has 1 saturated heterocycles.